The molecule has 1 saturated heterocycles. The van der Waals surface area contributed by atoms with Gasteiger partial charge in [0.05, 0.1) is 10.6 Å². The number of carbonyl (C=O) groups excluding carboxylic acids is 1. The monoisotopic (exact) mass is 434 g/mol. The molecule has 3 rings (SSSR count). The number of aryl methyl sites for hydroxylation is 2. The summed E-state index contributed by atoms with van der Waals surface area (Å²) in [7, 11) is -3.92. The lowest BCUT2D eigenvalue weighted by Gasteiger charge is -2.33. The molecule has 1 unspecified atom stereocenters. The lowest BCUT2D eigenvalue weighted by molar-refractivity contribution is -0.131. The van der Waals surface area contributed by atoms with Gasteiger partial charge in [-0.3, -0.25) is 9.10 Å². The van der Waals surface area contributed by atoms with E-state index in [0.29, 0.717) is 29.7 Å². The van der Waals surface area contributed by atoms with Crippen molar-refractivity contribution in [2.75, 3.05) is 23.9 Å². The van der Waals surface area contributed by atoms with Gasteiger partial charge in [0, 0.05) is 18.1 Å². The summed E-state index contributed by atoms with van der Waals surface area (Å²) < 4.78 is 28.0. The van der Waals surface area contributed by atoms with Crippen LogP contribution in [-0.2, 0) is 14.8 Å². The number of likely N-dealkylation sites (tertiary alicyclic amines) is 1. The average Bonchev–Trinajstić information content (AvgIpc) is 2.68. The molecule has 156 valence electrons. The Bertz CT molecular complexity index is 990. The number of anilines is 1. The van der Waals surface area contributed by atoms with Gasteiger partial charge in [0.1, 0.15) is 6.54 Å². The molecule has 1 aliphatic heterocycles. The number of halogens is 1. The molecule has 0 aliphatic carbocycles. The van der Waals surface area contributed by atoms with Gasteiger partial charge in [-0.2, -0.15) is 0 Å². The Morgan fingerprint density at radius 1 is 1.17 bits per heavy atom. The van der Waals surface area contributed by atoms with Gasteiger partial charge in [-0.25, -0.2) is 8.42 Å². The van der Waals surface area contributed by atoms with Crippen molar-refractivity contribution >= 4 is 33.2 Å². The summed E-state index contributed by atoms with van der Waals surface area (Å²) in [5.74, 6) is 0.229. The zero-order valence-corrected chi connectivity index (χ0v) is 18.6. The summed E-state index contributed by atoms with van der Waals surface area (Å²) in [5.41, 5.74) is 2.20. The molecule has 1 aliphatic rings. The molecule has 5 nitrogen and oxygen atoms in total. The summed E-state index contributed by atoms with van der Waals surface area (Å²) in [6, 6.07) is 11.7. The van der Waals surface area contributed by atoms with Crippen LogP contribution in [-0.4, -0.2) is 38.9 Å². The van der Waals surface area contributed by atoms with Gasteiger partial charge in [-0.15, -0.1) is 0 Å². The Kier molecular flexibility index (Phi) is 6.54. The van der Waals surface area contributed by atoms with E-state index in [1.165, 1.54) is 4.31 Å². The molecule has 29 heavy (non-hydrogen) atoms. The summed E-state index contributed by atoms with van der Waals surface area (Å²) in [5, 5.41) is 0.464. The van der Waals surface area contributed by atoms with Gasteiger partial charge in [0.2, 0.25) is 5.91 Å². The van der Waals surface area contributed by atoms with Crippen LogP contribution in [0.25, 0.3) is 0 Å². The molecule has 2 aromatic carbocycles. The fourth-order valence-electron chi connectivity index (χ4n) is 3.53. The maximum Gasteiger partial charge on any atom is 0.264 e. The predicted molar refractivity (Wildman–Crippen MR) is 117 cm³/mol. The van der Waals surface area contributed by atoms with Crippen LogP contribution in [0.1, 0.15) is 30.9 Å². The number of benzene rings is 2. The number of nitrogens with zero attached hydrogens (tertiary/aromatic N) is 2. The molecule has 0 N–H and O–H groups in total. The lowest BCUT2D eigenvalue weighted by atomic mass is 10.0. The van der Waals surface area contributed by atoms with E-state index < -0.39 is 10.0 Å². The minimum Gasteiger partial charge on any atom is -0.341 e. The Balaban J connectivity index is 1.98. The van der Waals surface area contributed by atoms with Gasteiger partial charge >= 0.3 is 0 Å². The maximum absolute atomic E-state index is 13.4. The summed E-state index contributed by atoms with van der Waals surface area (Å²) >= 11 is 6.26. The second-order valence-corrected chi connectivity index (χ2v) is 10.1. The lowest BCUT2D eigenvalue weighted by Crippen LogP contribution is -2.46. The Hall–Kier alpha value is -2.05. The summed E-state index contributed by atoms with van der Waals surface area (Å²) in [6.07, 6.45) is 2.02. The van der Waals surface area contributed by atoms with Crippen molar-refractivity contribution in [3.63, 3.8) is 0 Å². The van der Waals surface area contributed by atoms with Crippen molar-refractivity contribution in [3.8, 4) is 0 Å². The van der Waals surface area contributed by atoms with Crippen LogP contribution >= 0.6 is 11.6 Å². The van der Waals surface area contributed by atoms with Crippen molar-refractivity contribution in [1.29, 1.82) is 0 Å². The molecule has 1 heterocycles. The Labute approximate surface area is 178 Å². The van der Waals surface area contributed by atoms with E-state index >= 15 is 0 Å². The number of sulfonamides is 1. The van der Waals surface area contributed by atoms with Crippen LogP contribution in [0, 0.1) is 19.8 Å². The number of rotatable bonds is 5. The zero-order valence-electron chi connectivity index (χ0n) is 17.1. The molecule has 7 heteroatoms. The highest BCUT2D eigenvalue weighted by molar-refractivity contribution is 7.92. The third kappa shape index (κ3) is 4.93. The second-order valence-electron chi connectivity index (χ2n) is 7.85. The van der Waals surface area contributed by atoms with Crippen LogP contribution in [0.15, 0.2) is 47.4 Å². The van der Waals surface area contributed by atoms with E-state index in [4.69, 9.17) is 11.6 Å². The van der Waals surface area contributed by atoms with E-state index in [0.717, 1.165) is 24.0 Å². The number of piperidine rings is 1. The van der Waals surface area contributed by atoms with Gasteiger partial charge < -0.3 is 4.90 Å². The first-order chi connectivity index (χ1) is 13.7. The highest BCUT2D eigenvalue weighted by Crippen LogP contribution is 2.28. The molecule has 1 atom stereocenters. The minimum absolute atomic E-state index is 0.152. The van der Waals surface area contributed by atoms with Crippen molar-refractivity contribution in [1.82, 2.24) is 4.90 Å². The Morgan fingerprint density at radius 2 is 1.86 bits per heavy atom. The SMILES string of the molecule is Cc1ccc(S(=O)(=O)N(CC(=O)N2CCCC(C)C2)c2ccc(C)c(Cl)c2)cc1. The molecule has 0 aromatic heterocycles. The third-order valence-electron chi connectivity index (χ3n) is 5.34. The molecule has 0 bridgehead atoms. The number of carbonyl (C=O) groups is 1. The van der Waals surface area contributed by atoms with Crippen molar-refractivity contribution < 1.29 is 13.2 Å². The van der Waals surface area contributed by atoms with E-state index in [-0.39, 0.29) is 17.3 Å². The molecular weight excluding hydrogens is 408 g/mol. The van der Waals surface area contributed by atoms with Crippen LogP contribution in [0.5, 0.6) is 0 Å². The minimum atomic E-state index is -3.92. The van der Waals surface area contributed by atoms with Gasteiger partial charge in [-0.05, 0) is 62.4 Å². The first-order valence-electron chi connectivity index (χ1n) is 9.82. The fraction of sp³-hybridized carbons (Fsp3) is 0.409. The van der Waals surface area contributed by atoms with E-state index in [1.807, 2.05) is 13.8 Å². The first kappa shape index (κ1) is 21.7. The molecule has 2 aromatic rings. The first-order valence-corrected chi connectivity index (χ1v) is 11.6. The van der Waals surface area contributed by atoms with Crippen molar-refractivity contribution in [2.45, 2.75) is 38.5 Å². The fourth-order valence-corrected chi connectivity index (χ4v) is 5.11. The standard InChI is InChI=1S/C22H27ClN2O3S/c1-16-6-10-20(11-7-16)29(27,28)25(19-9-8-18(3)21(23)13-19)15-22(26)24-12-4-5-17(2)14-24/h6-11,13,17H,4-5,12,14-15H2,1-3H3. The van der Waals surface area contributed by atoms with Gasteiger partial charge in [0.25, 0.3) is 10.0 Å². The number of hydrogen-bond donors (Lipinski definition) is 0. The van der Waals surface area contributed by atoms with Crippen LogP contribution < -0.4 is 4.31 Å². The summed E-state index contributed by atoms with van der Waals surface area (Å²) in [4.78, 5) is 14.9. The molecule has 0 spiro atoms. The highest BCUT2D eigenvalue weighted by Gasteiger charge is 2.30. The maximum atomic E-state index is 13.4. The second kappa shape index (κ2) is 8.76. The van der Waals surface area contributed by atoms with Crippen LogP contribution in [0.3, 0.4) is 0 Å². The van der Waals surface area contributed by atoms with Crippen LogP contribution in [0.2, 0.25) is 5.02 Å². The quantitative estimate of drug-likeness (QED) is 0.700. The van der Waals surface area contributed by atoms with E-state index in [1.54, 1.807) is 47.4 Å². The molecular formula is C22H27ClN2O3S. The highest BCUT2D eigenvalue weighted by atomic mass is 35.5. The number of amides is 1. The Morgan fingerprint density at radius 3 is 2.48 bits per heavy atom. The topological polar surface area (TPSA) is 57.7 Å². The third-order valence-corrected chi connectivity index (χ3v) is 7.54. The van der Waals surface area contributed by atoms with Crippen LogP contribution in [0.4, 0.5) is 5.69 Å². The van der Waals surface area contributed by atoms with Gasteiger partial charge in [0.15, 0.2) is 0 Å². The summed E-state index contributed by atoms with van der Waals surface area (Å²) in [6.45, 7) is 6.94. The van der Waals surface area contributed by atoms with Crippen molar-refractivity contribution in [3.05, 3.63) is 58.6 Å². The largest absolute Gasteiger partial charge is 0.341 e. The average molecular weight is 435 g/mol. The molecule has 0 radical (unpaired) electrons. The molecule has 0 saturated carbocycles. The molecule has 1 amide bonds. The smallest absolute Gasteiger partial charge is 0.264 e. The zero-order chi connectivity index (χ0) is 21.2. The number of hydrogen-bond acceptors (Lipinski definition) is 3. The van der Waals surface area contributed by atoms with E-state index in [2.05, 4.69) is 6.92 Å². The van der Waals surface area contributed by atoms with Crippen molar-refractivity contribution in [2.24, 2.45) is 5.92 Å². The van der Waals surface area contributed by atoms with E-state index in [9.17, 15) is 13.2 Å². The van der Waals surface area contributed by atoms with Gasteiger partial charge in [-0.1, -0.05) is 42.3 Å². The normalized spacial score (nSPS) is 17.2. The predicted octanol–water partition coefficient (Wildman–Crippen LogP) is 4.41. The molecule has 1 fully saturated rings.